The lowest BCUT2D eigenvalue weighted by Gasteiger charge is -2.14. The van der Waals surface area contributed by atoms with Gasteiger partial charge in [-0.25, -0.2) is 15.0 Å². The van der Waals surface area contributed by atoms with Crippen LogP contribution in [-0.4, -0.2) is 19.5 Å². The first kappa shape index (κ1) is 41.7. The first-order valence-corrected chi connectivity index (χ1v) is 24.1. The molecule has 0 aliphatic rings. The van der Waals surface area contributed by atoms with Crippen molar-refractivity contribution in [1.82, 2.24) is 19.5 Å². The topological polar surface area (TPSA) is 43.6 Å². The fourth-order valence-electron chi connectivity index (χ4n) is 10.1. The van der Waals surface area contributed by atoms with E-state index in [1.54, 1.807) is 0 Å². The summed E-state index contributed by atoms with van der Waals surface area (Å²) in [5.74, 6) is 1.82. The van der Waals surface area contributed by atoms with Crippen molar-refractivity contribution in [3.05, 3.63) is 267 Å². The van der Waals surface area contributed by atoms with Crippen molar-refractivity contribution in [2.24, 2.45) is 0 Å². The number of aromatic nitrogens is 4. The quantitative estimate of drug-likeness (QED) is 0.145. The molecular weight excluding hydrogens is 861 g/mol. The van der Waals surface area contributed by atoms with Crippen LogP contribution in [0.5, 0.6) is 0 Å². The molecule has 4 heteroatoms. The van der Waals surface area contributed by atoms with Gasteiger partial charge >= 0.3 is 0 Å². The fraction of sp³-hybridized carbons (Fsp3) is 0. The smallest absolute Gasteiger partial charge is 0.164 e. The number of hydrogen-bond donors (Lipinski definition) is 0. The first-order valence-electron chi connectivity index (χ1n) is 24.1. The molecule has 2 aromatic heterocycles. The lowest BCUT2D eigenvalue weighted by molar-refractivity contribution is 1.07. The summed E-state index contributed by atoms with van der Waals surface area (Å²) in [6.45, 7) is 0. The molecule has 2 heterocycles. The molecule has 0 aliphatic carbocycles. The van der Waals surface area contributed by atoms with E-state index >= 15 is 0 Å². The Morgan fingerprint density at radius 3 is 1.34 bits per heavy atom. The highest BCUT2D eigenvalue weighted by Crippen LogP contribution is 2.43. The van der Waals surface area contributed by atoms with Gasteiger partial charge in [0.2, 0.25) is 0 Å². The van der Waals surface area contributed by atoms with E-state index in [9.17, 15) is 0 Å². The zero-order valence-corrected chi connectivity index (χ0v) is 38.7. The minimum absolute atomic E-state index is 0.602. The molecule has 0 saturated heterocycles. The van der Waals surface area contributed by atoms with Gasteiger partial charge in [0.15, 0.2) is 17.5 Å². The summed E-state index contributed by atoms with van der Waals surface area (Å²) in [7, 11) is 0. The molecule has 71 heavy (non-hydrogen) atoms. The first-order chi connectivity index (χ1) is 35.2. The van der Waals surface area contributed by atoms with E-state index in [0.717, 1.165) is 66.8 Å². The maximum absolute atomic E-state index is 5.36. The maximum atomic E-state index is 5.36. The second-order valence-electron chi connectivity index (χ2n) is 18.0. The number of para-hydroxylation sites is 2. The van der Waals surface area contributed by atoms with Crippen LogP contribution in [0.15, 0.2) is 267 Å². The van der Waals surface area contributed by atoms with Gasteiger partial charge in [0.05, 0.1) is 11.0 Å². The molecule has 0 saturated carbocycles. The molecule has 0 N–H and O–H groups in total. The average molecular weight is 905 g/mol. The summed E-state index contributed by atoms with van der Waals surface area (Å²) in [6.07, 6.45) is 0. The SMILES string of the molecule is c1ccc(-c2cccc(-c3cc(-c4ccccc4)cc(-c4ccc(-c5nc(-c6ccccc6)nc(-c6cc(-c7ccc8ccccc8c7)c7c8ccccc8n(-c8ccccc8)c7c6)n5)cc4)c3)c2)cc1. The molecule has 0 unspecified atom stereocenters. The third-order valence-electron chi connectivity index (χ3n) is 13.6. The Kier molecular flexibility index (Phi) is 10.5. The zero-order chi connectivity index (χ0) is 47.1. The van der Waals surface area contributed by atoms with E-state index in [2.05, 4.69) is 253 Å². The highest BCUT2D eigenvalue weighted by atomic mass is 15.0. The van der Waals surface area contributed by atoms with Crippen LogP contribution in [-0.2, 0) is 0 Å². The van der Waals surface area contributed by atoms with E-state index < -0.39 is 0 Å². The minimum atomic E-state index is 0.602. The van der Waals surface area contributed by atoms with Crippen LogP contribution in [0.4, 0.5) is 0 Å². The van der Waals surface area contributed by atoms with Gasteiger partial charge in [0.25, 0.3) is 0 Å². The average Bonchev–Trinajstić information content (AvgIpc) is 3.80. The molecule has 0 aliphatic heterocycles. The second kappa shape index (κ2) is 17.9. The van der Waals surface area contributed by atoms with Crippen LogP contribution in [0.1, 0.15) is 0 Å². The summed E-state index contributed by atoms with van der Waals surface area (Å²) in [4.78, 5) is 15.8. The highest BCUT2D eigenvalue weighted by Gasteiger charge is 2.21. The third-order valence-corrected chi connectivity index (χ3v) is 13.6. The lowest BCUT2D eigenvalue weighted by Crippen LogP contribution is -2.01. The van der Waals surface area contributed by atoms with Gasteiger partial charge in [-0.2, -0.15) is 0 Å². The van der Waals surface area contributed by atoms with Crippen LogP contribution >= 0.6 is 0 Å². The van der Waals surface area contributed by atoms with Gasteiger partial charge < -0.3 is 4.57 Å². The Morgan fingerprint density at radius 1 is 0.239 bits per heavy atom. The van der Waals surface area contributed by atoms with Gasteiger partial charge in [-0.1, -0.05) is 206 Å². The summed E-state index contributed by atoms with van der Waals surface area (Å²) in [6, 6.07) is 95.0. The lowest BCUT2D eigenvalue weighted by atomic mass is 9.92. The summed E-state index contributed by atoms with van der Waals surface area (Å²) < 4.78 is 2.37. The van der Waals surface area contributed by atoms with Crippen LogP contribution in [0.2, 0.25) is 0 Å². The maximum Gasteiger partial charge on any atom is 0.164 e. The van der Waals surface area contributed by atoms with Crippen LogP contribution in [0, 0.1) is 0 Å². The van der Waals surface area contributed by atoms with Crippen molar-refractivity contribution in [1.29, 1.82) is 0 Å². The summed E-state index contributed by atoms with van der Waals surface area (Å²) in [5, 5.41) is 4.76. The molecule has 13 aromatic rings. The van der Waals surface area contributed by atoms with E-state index in [4.69, 9.17) is 15.0 Å². The van der Waals surface area contributed by atoms with Gasteiger partial charge in [0, 0.05) is 33.2 Å². The monoisotopic (exact) mass is 904 g/mol. The number of nitrogens with zero attached hydrogens (tertiary/aromatic N) is 4. The molecule has 11 aromatic carbocycles. The summed E-state index contributed by atoms with van der Waals surface area (Å²) in [5.41, 5.74) is 17.5. The Labute approximate surface area is 412 Å². The van der Waals surface area contributed by atoms with E-state index in [1.165, 1.54) is 43.8 Å². The van der Waals surface area contributed by atoms with Crippen molar-refractivity contribution in [3.63, 3.8) is 0 Å². The van der Waals surface area contributed by atoms with Crippen molar-refractivity contribution in [3.8, 4) is 95.5 Å². The Hall–Kier alpha value is -9.51. The Balaban J connectivity index is 0.970. The number of hydrogen-bond acceptors (Lipinski definition) is 3. The standard InChI is InChI=1S/C67H44N4/c1-5-18-45(19-6-1)52-26-17-27-53(38-52)57-41-55(46-20-7-2-8-21-46)40-56(42-57)48-32-35-50(36-33-48)66-68-65(49-23-9-3-10-24-49)69-67(70-66)58-43-61(54-37-34-47-22-13-14-25-51(47)39-54)64-60-30-15-16-31-62(60)71(63(64)44-58)59-28-11-4-12-29-59/h1-44H. The zero-order valence-electron chi connectivity index (χ0n) is 38.7. The van der Waals surface area contributed by atoms with Crippen LogP contribution in [0.25, 0.3) is 128 Å². The summed E-state index contributed by atoms with van der Waals surface area (Å²) >= 11 is 0. The van der Waals surface area contributed by atoms with Crippen LogP contribution < -0.4 is 0 Å². The van der Waals surface area contributed by atoms with Gasteiger partial charge in [0.1, 0.15) is 0 Å². The van der Waals surface area contributed by atoms with E-state index in [0.29, 0.717) is 17.5 Å². The molecule has 0 spiro atoms. The second-order valence-corrected chi connectivity index (χ2v) is 18.0. The Bertz CT molecular complexity index is 4070. The van der Waals surface area contributed by atoms with E-state index in [1.807, 2.05) is 18.2 Å². The number of fused-ring (bicyclic) bond motifs is 4. The molecule has 332 valence electrons. The predicted molar refractivity (Wildman–Crippen MR) is 295 cm³/mol. The van der Waals surface area contributed by atoms with Crippen molar-refractivity contribution in [2.45, 2.75) is 0 Å². The molecule has 0 amide bonds. The van der Waals surface area contributed by atoms with Crippen molar-refractivity contribution < 1.29 is 0 Å². The molecule has 13 rings (SSSR count). The molecule has 4 nitrogen and oxygen atoms in total. The number of benzene rings is 11. The minimum Gasteiger partial charge on any atom is -0.309 e. The predicted octanol–water partition coefficient (Wildman–Crippen LogP) is 17.5. The van der Waals surface area contributed by atoms with Crippen molar-refractivity contribution >= 4 is 32.6 Å². The van der Waals surface area contributed by atoms with Crippen molar-refractivity contribution in [2.75, 3.05) is 0 Å². The fourth-order valence-corrected chi connectivity index (χ4v) is 10.1. The van der Waals surface area contributed by atoms with Gasteiger partial charge in [-0.05, 0) is 127 Å². The van der Waals surface area contributed by atoms with Crippen LogP contribution in [0.3, 0.4) is 0 Å². The molecule has 0 fully saturated rings. The van der Waals surface area contributed by atoms with Gasteiger partial charge in [-0.15, -0.1) is 0 Å². The van der Waals surface area contributed by atoms with Gasteiger partial charge in [-0.3, -0.25) is 0 Å². The molecule has 0 atom stereocenters. The highest BCUT2D eigenvalue weighted by molar-refractivity contribution is 6.17. The molecular formula is C67H44N4. The van der Waals surface area contributed by atoms with E-state index in [-0.39, 0.29) is 0 Å². The molecule has 0 radical (unpaired) electrons. The largest absolute Gasteiger partial charge is 0.309 e. The Morgan fingerprint density at radius 2 is 0.676 bits per heavy atom. The normalized spacial score (nSPS) is 11.4. The molecule has 0 bridgehead atoms. The number of rotatable bonds is 9. The third kappa shape index (κ3) is 7.94.